The van der Waals surface area contributed by atoms with Crippen molar-refractivity contribution >= 4 is 23.4 Å². The number of carbonyl (C=O) groups is 2. The Bertz CT molecular complexity index is 616. The second kappa shape index (κ2) is 7.51. The van der Waals surface area contributed by atoms with Crippen LogP contribution in [0.15, 0.2) is 24.3 Å². The van der Waals surface area contributed by atoms with E-state index in [4.69, 9.17) is 21.1 Å². The maximum Gasteiger partial charge on any atom is 0.309 e. The fourth-order valence-electron chi connectivity index (χ4n) is 3.08. The van der Waals surface area contributed by atoms with Gasteiger partial charge < -0.3 is 20.1 Å². The molecule has 1 unspecified atom stereocenters. The molecule has 0 radical (unpaired) electrons. The molecule has 1 atom stereocenters. The van der Waals surface area contributed by atoms with Gasteiger partial charge in [0.15, 0.2) is 5.79 Å². The van der Waals surface area contributed by atoms with Crippen LogP contribution in [0.2, 0.25) is 5.02 Å². The van der Waals surface area contributed by atoms with E-state index in [1.807, 2.05) is 6.07 Å². The van der Waals surface area contributed by atoms with Crippen LogP contribution in [0.4, 0.5) is 0 Å². The van der Waals surface area contributed by atoms with Gasteiger partial charge in [-0.1, -0.05) is 29.8 Å². The SMILES string of the molecule is O=C(NCc1ccccc1Cl)C(=O)NCC1COC2(CCCC2)O1. The zero-order valence-corrected chi connectivity index (χ0v) is 14.1. The molecular formula is C17H21ClN2O4. The van der Waals surface area contributed by atoms with E-state index in [9.17, 15) is 9.59 Å². The Hall–Kier alpha value is -1.63. The minimum Gasteiger partial charge on any atom is -0.347 e. The van der Waals surface area contributed by atoms with E-state index in [1.54, 1.807) is 18.2 Å². The number of carbonyl (C=O) groups excluding carboxylic acids is 2. The number of benzene rings is 1. The molecule has 2 aliphatic rings. The van der Waals surface area contributed by atoms with Gasteiger partial charge in [0.25, 0.3) is 0 Å². The molecule has 0 aromatic heterocycles. The quantitative estimate of drug-likeness (QED) is 0.809. The molecule has 1 aromatic carbocycles. The van der Waals surface area contributed by atoms with Gasteiger partial charge in [0, 0.05) is 31.0 Å². The Labute approximate surface area is 145 Å². The third-order valence-corrected chi connectivity index (χ3v) is 4.74. The molecule has 6 nitrogen and oxygen atoms in total. The summed E-state index contributed by atoms with van der Waals surface area (Å²) < 4.78 is 11.6. The molecule has 1 spiro atoms. The van der Waals surface area contributed by atoms with E-state index in [0.29, 0.717) is 11.6 Å². The molecule has 1 saturated heterocycles. The summed E-state index contributed by atoms with van der Waals surface area (Å²) in [6.45, 7) is 0.916. The second-order valence-corrected chi connectivity index (χ2v) is 6.56. The van der Waals surface area contributed by atoms with E-state index < -0.39 is 17.6 Å². The number of amides is 2. The molecule has 1 saturated carbocycles. The van der Waals surface area contributed by atoms with E-state index in [0.717, 1.165) is 31.2 Å². The number of nitrogens with one attached hydrogen (secondary N) is 2. The highest BCUT2D eigenvalue weighted by Gasteiger charge is 2.43. The Morgan fingerprint density at radius 2 is 1.88 bits per heavy atom. The summed E-state index contributed by atoms with van der Waals surface area (Å²) in [6.07, 6.45) is 3.79. The van der Waals surface area contributed by atoms with Gasteiger partial charge in [0.1, 0.15) is 6.10 Å². The molecular weight excluding hydrogens is 332 g/mol. The van der Waals surface area contributed by atoms with Crippen molar-refractivity contribution in [3.63, 3.8) is 0 Å². The highest BCUT2D eigenvalue weighted by molar-refractivity contribution is 6.35. The third kappa shape index (κ3) is 4.06. The molecule has 1 heterocycles. The first-order valence-corrected chi connectivity index (χ1v) is 8.57. The predicted molar refractivity (Wildman–Crippen MR) is 88.3 cm³/mol. The van der Waals surface area contributed by atoms with Crippen LogP contribution in [-0.4, -0.2) is 36.9 Å². The maximum absolute atomic E-state index is 11.9. The van der Waals surface area contributed by atoms with Crippen molar-refractivity contribution in [2.75, 3.05) is 13.2 Å². The highest BCUT2D eigenvalue weighted by Crippen LogP contribution is 2.38. The summed E-state index contributed by atoms with van der Waals surface area (Å²) in [7, 11) is 0. The van der Waals surface area contributed by atoms with Crippen molar-refractivity contribution in [3.05, 3.63) is 34.9 Å². The molecule has 130 valence electrons. The van der Waals surface area contributed by atoms with E-state index in [-0.39, 0.29) is 19.2 Å². The number of rotatable bonds is 4. The van der Waals surface area contributed by atoms with Crippen LogP contribution < -0.4 is 10.6 Å². The lowest BCUT2D eigenvalue weighted by molar-refractivity contribution is -0.161. The topological polar surface area (TPSA) is 76.7 Å². The minimum absolute atomic E-state index is 0.205. The molecule has 7 heteroatoms. The zero-order chi connectivity index (χ0) is 17.0. The van der Waals surface area contributed by atoms with Crippen molar-refractivity contribution in [3.8, 4) is 0 Å². The Kier molecular flexibility index (Phi) is 5.38. The average molecular weight is 353 g/mol. The van der Waals surface area contributed by atoms with Crippen molar-refractivity contribution in [1.82, 2.24) is 10.6 Å². The van der Waals surface area contributed by atoms with Crippen molar-refractivity contribution in [1.29, 1.82) is 0 Å². The van der Waals surface area contributed by atoms with Gasteiger partial charge in [-0.15, -0.1) is 0 Å². The summed E-state index contributed by atoms with van der Waals surface area (Å²) in [5, 5.41) is 5.70. The maximum atomic E-state index is 11.9. The normalized spacial score (nSPS) is 21.8. The summed E-state index contributed by atoms with van der Waals surface area (Å²) in [4.78, 5) is 23.7. The molecule has 3 rings (SSSR count). The first kappa shape index (κ1) is 17.2. The fourth-order valence-corrected chi connectivity index (χ4v) is 3.28. The Morgan fingerprint density at radius 1 is 1.17 bits per heavy atom. The van der Waals surface area contributed by atoms with E-state index in [1.165, 1.54) is 0 Å². The second-order valence-electron chi connectivity index (χ2n) is 6.15. The van der Waals surface area contributed by atoms with Gasteiger partial charge in [-0.05, 0) is 24.5 Å². The van der Waals surface area contributed by atoms with Crippen molar-refractivity contribution < 1.29 is 19.1 Å². The summed E-state index contributed by atoms with van der Waals surface area (Å²) in [5.41, 5.74) is 0.760. The predicted octanol–water partition coefficient (Wildman–Crippen LogP) is 1.76. The number of ether oxygens (including phenoxy) is 2. The molecule has 2 fully saturated rings. The van der Waals surface area contributed by atoms with Crippen LogP contribution in [0, 0.1) is 0 Å². The number of halogens is 1. The minimum atomic E-state index is -0.690. The average Bonchev–Trinajstić information content (AvgIpc) is 3.21. The van der Waals surface area contributed by atoms with Crippen LogP contribution in [0.5, 0.6) is 0 Å². The molecule has 1 aliphatic carbocycles. The van der Waals surface area contributed by atoms with Gasteiger partial charge in [0.2, 0.25) is 0 Å². The van der Waals surface area contributed by atoms with Crippen molar-refractivity contribution in [2.45, 2.75) is 44.1 Å². The first-order chi connectivity index (χ1) is 11.6. The largest absolute Gasteiger partial charge is 0.347 e. The molecule has 24 heavy (non-hydrogen) atoms. The third-order valence-electron chi connectivity index (χ3n) is 4.37. The van der Waals surface area contributed by atoms with Gasteiger partial charge in [-0.3, -0.25) is 9.59 Å². The molecule has 1 aromatic rings. The van der Waals surface area contributed by atoms with Crippen LogP contribution >= 0.6 is 11.6 Å². The van der Waals surface area contributed by atoms with Gasteiger partial charge in [-0.25, -0.2) is 0 Å². The lowest BCUT2D eigenvalue weighted by Gasteiger charge is -2.21. The lowest BCUT2D eigenvalue weighted by Crippen LogP contribution is -2.43. The first-order valence-electron chi connectivity index (χ1n) is 8.19. The summed E-state index contributed by atoms with van der Waals surface area (Å²) >= 11 is 6.01. The van der Waals surface area contributed by atoms with E-state index in [2.05, 4.69) is 10.6 Å². The van der Waals surface area contributed by atoms with Gasteiger partial charge >= 0.3 is 11.8 Å². The van der Waals surface area contributed by atoms with Crippen LogP contribution in [0.25, 0.3) is 0 Å². The summed E-state index contributed by atoms with van der Waals surface area (Å²) in [6, 6.07) is 7.16. The summed E-state index contributed by atoms with van der Waals surface area (Å²) in [5.74, 6) is -1.83. The Balaban J connectivity index is 1.40. The molecule has 1 aliphatic heterocycles. The van der Waals surface area contributed by atoms with Crippen LogP contribution in [0.1, 0.15) is 31.2 Å². The van der Waals surface area contributed by atoms with Gasteiger partial charge in [0.05, 0.1) is 6.61 Å². The van der Waals surface area contributed by atoms with E-state index >= 15 is 0 Å². The standard InChI is InChI=1S/C17H21ClN2O4/c18-14-6-2-1-5-12(14)9-19-15(21)16(22)20-10-13-11-23-17(24-13)7-3-4-8-17/h1-2,5-6,13H,3-4,7-11H2,(H,19,21)(H,20,22). The fraction of sp³-hybridized carbons (Fsp3) is 0.529. The van der Waals surface area contributed by atoms with Gasteiger partial charge in [-0.2, -0.15) is 0 Å². The van der Waals surface area contributed by atoms with Crippen molar-refractivity contribution in [2.24, 2.45) is 0 Å². The molecule has 0 bridgehead atoms. The highest BCUT2D eigenvalue weighted by atomic mass is 35.5. The van der Waals surface area contributed by atoms with Crippen LogP contribution in [0.3, 0.4) is 0 Å². The number of hydrogen-bond donors (Lipinski definition) is 2. The number of hydrogen-bond acceptors (Lipinski definition) is 4. The zero-order valence-electron chi connectivity index (χ0n) is 13.3. The lowest BCUT2D eigenvalue weighted by atomic mass is 10.2. The monoisotopic (exact) mass is 352 g/mol. The molecule has 2 N–H and O–H groups in total. The molecule has 2 amide bonds. The van der Waals surface area contributed by atoms with Crippen LogP contribution in [-0.2, 0) is 25.6 Å². The smallest absolute Gasteiger partial charge is 0.309 e. The Morgan fingerprint density at radius 3 is 2.62 bits per heavy atom.